The molecule has 1 aromatic carbocycles. The van der Waals surface area contributed by atoms with Crippen LogP contribution in [0.4, 0.5) is 4.39 Å². The molecule has 0 saturated heterocycles. The molecule has 0 aliphatic carbocycles. The van der Waals surface area contributed by atoms with Crippen molar-refractivity contribution >= 4 is 0 Å². The third-order valence-electron chi connectivity index (χ3n) is 3.25. The molecule has 2 rings (SSSR count). The van der Waals surface area contributed by atoms with Crippen molar-refractivity contribution in [2.45, 2.75) is 38.6 Å². The Bertz CT molecular complexity index is 421. The molecule has 0 saturated carbocycles. The molecule has 4 heteroatoms. The normalized spacial score (nSPS) is 17.3. The van der Waals surface area contributed by atoms with E-state index in [9.17, 15) is 4.39 Å². The second-order valence-electron chi connectivity index (χ2n) is 4.97. The van der Waals surface area contributed by atoms with Gasteiger partial charge >= 0.3 is 0 Å². The minimum absolute atomic E-state index is 0.131. The zero-order chi connectivity index (χ0) is 13.1. The summed E-state index contributed by atoms with van der Waals surface area (Å²) in [5, 5.41) is 0. The van der Waals surface area contributed by atoms with Crippen LogP contribution in [0.25, 0.3) is 0 Å². The number of halogens is 1. The molecule has 0 bridgehead atoms. The Balaban J connectivity index is 2.17. The van der Waals surface area contributed by atoms with Crippen LogP contribution in [-0.4, -0.2) is 19.3 Å². The highest BCUT2D eigenvalue weighted by Gasteiger charge is 2.19. The monoisotopic (exact) mass is 253 g/mol. The number of nitrogens with two attached hydrogens (primary N) is 1. The molecule has 1 aliphatic heterocycles. The van der Waals surface area contributed by atoms with E-state index in [0.29, 0.717) is 30.3 Å². The minimum atomic E-state index is -0.226. The van der Waals surface area contributed by atoms with Gasteiger partial charge in [-0.3, -0.25) is 0 Å². The fourth-order valence-electron chi connectivity index (χ4n) is 2.13. The smallest absolute Gasteiger partial charge is 0.164 e. The number of benzene rings is 1. The standard InChI is InChI=1S/C14H20FNO2/c1-9(3-4-10(2)16)11-7-13-14(8-12(11)15)18-6-5-17-13/h7-10H,3-6,16H2,1-2H3. The van der Waals surface area contributed by atoms with E-state index in [4.69, 9.17) is 15.2 Å². The molecule has 3 nitrogen and oxygen atoms in total. The lowest BCUT2D eigenvalue weighted by Gasteiger charge is -2.21. The molecule has 0 radical (unpaired) electrons. The van der Waals surface area contributed by atoms with Gasteiger partial charge in [0.15, 0.2) is 11.5 Å². The summed E-state index contributed by atoms with van der Waals surface area (Å²) in [7, 11) is 0. The quantitative estimate of drug-likeness (QED) is 0.897. The Morgan fingerprint density at radius 1 is 1.17 bits per heavy atom. The van der Waals surface area contributed by atoms with Gasteiger partial charge < -0.3 is 15.2 Å². The molecule has 1 aliphatic rings. The SMILES string of the molecule is CC(N)CCC(C)c1cc2c(cc1F)OCCO2. The van der Waals surface area contributed by atoms with E-state index in [2.05, 4.69) is 0 Å². The second-order valence-corrected chi connectivity index (χ2v) is 4.97. The molecule has 1 aromatic rings. The highest BCUT2D eigenvalue weighted by atomic mass is 19.1. The molecule has 0 aromatic heterocycles. The summed E-state index contributed by atoms with van der Waals surface area (Å²) in [6, 6.07) is 3.33. The van der Waals surface area contributed by atoms with Crippen molar-refractivity contribution < 1.29 is 13.9 Å². The van der Waals surface area contributed by atoms with Crippen molar-refractivity contribution in [3.8, 4) is 11.5 Å². The molecule has 2 unspecified atom stereocenters. The van der Waals surface area contributed by atoms with E-state index in [-0.39, 0.29) is 17.8 Å². The molecule has 2 N–H and O–H groups in total. The highest BCUT2D eigenvalue weighted by molar-refractivity contribution is 5.45. The average Bonchev–Trinajstić information content (AvgIpc) is 2.35. The van der Waals surface area contributed by atoms with Crippen LogP contribution < -0.4 is 15.2 Å². The number of rotatable bonds is 4. The van der Waals surface area contributed by atoms with Gasteiger partial charge in [0.2, 0.25) is 0 Å². The predicted molar refractivity (Wildman–Crippen MR) is 68.7 cm³/mol. The predicted octanol–water partition coefficient (Wildman–Crippen LogP) is 2.83. The largest absolute Gasteiger partial charge is 0.486 e. The van der Waals surface area contributed by atoms with Crippen molar-refractivity contribution in [1.29, 1.82) is 0 Å². The summed E-state index contributed by atoms with van der Waals surface area (Å²) in [4.78, 5) is 0. The van der Waals surface area contributed by atoms with Gasteiger partial charge in [0.25, 0.3) is 0 Å². The van der Waals surface area contributed by atoms with Crippen molar-refractivity contribution in [2.75, 3.05) is 13.2 Å². The summed E-state index contributed by atoms with van der Waals surface area (Å²) in [6.45, 7) is 4.97. The summed E-state index contributed by atoms with van der Waals surface area (Å²) < 4.78 is 24.8. The molecule has 100 valence electrons. The van der Waals surface area contributed by atoms with E-state index < -0.39 is 0 Å². The van der Waals surface area contributed by atoms with Gasteiger partial charge in [-0.2, -0.15) is 0 Å². The van der Waals surface area contributed by atoms with Crippen LogP contribution in [0.3, 0.4) is 0 Å². The maximum absolute atomic E-state index is 14.0. The van der Waals surface area contributed by atoms with E-state index >= 15 is 0 Å². The summed E-state index contributed by atoms with van der Waals surface area (Å²) in [5.41, 5.74) is 6.41. The lowest BCUT2D eigenvalue weighted by molar-refractivity contribution is 0.170. The summed E-state index contributed by atoms with van der Waals surface area (Å²) >= 11 is 0. The van der Waals surface area contributed by atoms with Gasteiger partial charge in [-0.25, -0.2) is 4.39 Å². The summed E-state index contributed by atoms with van der Waals surface area (Å²) in [5.74, 6) is 1.05. The molecule has 0 amide bonds. The van der Waals surface area contributed by atoms with Crippen molar-refractivity contribution in [3.63, 3.8) is 0 Å². The first-order chi connectivity index (χ1) is 8.58. The van der Waals surface area contributed by atoms with E-state index in [0.717, 1.165) is 12.8 Å². The van der Waals surface area contributed by atoms with Crippen molar-refractivity contribution in [2.24, 2.45) is 5.73 Å². The molecule has 2 atom stereocenters. The van der Waals surface area contributed by atoms with Crippen molar-refractivity contribution in [3.05, 3.63) is 23.5 Å². The Morgan fingerprint density at radius 2 is 1.78 bits per heavy atom. The number of hydrogen-bond donors (Lipinski definition) is 1. The van der Waals surface area contributed by atoms with Gasteiger partial charge in [0.1, 0.15) is 19.0 Å². The topological polar surface area (TPSA) is 44.5 Å². The van der Waals surface area contributed by atoms with Crippen LogP contribution in [-0.2, 0) is 0 Å². The highest BCUT2D eigenvalue weighted by Crippen LogP contribution is 2.36. The lowest BCUT2D eigenvalue weighted by Crippen LogP contribution is -2.17. The van der Waals surface area contributed by atoms with E-state index in [1.165, 1.54) is 6.07 Å². The number of hydrogen-bond acceptors (Lipinski definition) is 3. The van der Waals surface area contributed by atoms with Gasteiger partial charge in [-0.05, 0) is 37.3 Å². The Morgan fingerprint density at radius 3 is 2.39 bits per heavy atom. The van der Waals surface area contributed by atoms with Crippen LogP contribution in [0.1, 0.15) is 38.2 Å². The van der Waals surface area contributed by atoms with Crippen LogP contribution in [0.15, 0.2) is 12.1 Å². The average molecular weight is 253 g/mol. The van der Waals surface area contributed by atoms with Gasteiger partial charge in [-0.1, -0.05) is 6.92 Å². The summed E-state index contributed by atoms with van der Waals surface area (Å²) in [6.07, 6.45) is 1.75. The minimum Gasteiger partial charge on any atom is -0.486 e. The number of ether oxygens (including phenoxy) is 2. The van der Waals surface area contributed by atoms with Crippen LogP contribution in [0.2, 0.25) is 0 Å². The Kier molecular flexibility index (Phi) is 4.07. The molecule has 0 fully saturated rings. The molecule has 0 spiro atoms. The molecule has 1 heterocycles. The molecular weight excluding hydrogens is 233 g/mol. The second kappa shape index (κ2) is 5.57. The molecular formula is C14H20FNO2. The van der Waals surface area contributed by atoms with E-state index in [1.54, 1.807) is 6.07 Å². The first-order valence-electron chi connectivity index (χ1n) is 6.42. The third-order valence-corrected chi connectivity index (χ3v) is 3.25. The van der Waals surface area contributed by atoms with Crippen LogP contribution in [0, 0.1) is 5.82 Å². The fourth-order valence-corrected chi connectivity index (χ4v) is 2.13. The maximum Gasteiger partial charge on any atom is 0.164 e. The zero-order valence-electron chi connectivity index (χ0n) is 10.9. The van der Waals surface area contributed by atoms with Crippen LogP contribution >= 0.6 is 0 Å². The molecule has 18 heavy (non-hydrogen) atoms. The lowest BCUT2D eigenvalue weighted by atomic mass is 9.93. The van der Waals surface area contributed by atoms with Gasteiger partial charge in [0, 0.05) is 12.1 Å². The first kappa shape index (κ1) is 13.1. The van der Waals surface area contributed by atoms with Gasteiger partial charge in [-0.15, -0.1) is 0 Å². The van der Waals surface area contributed by atoms with E-state index in [1.807, 2.05) is 13.8 Å². The van der Waals surface area contributed by atoms with Crippen LogP contribution in [0.5, 0.6) is 11.5 Å². The third kappa shape index (κ3) is 2.93. The zero-order valence-corrected chi connectivity index (χ0v) is 10.9. The Labute approximate surface area is 107 Å². The first-order valence-corrected chi connectivity index (χ1v) is 6.42. The van der Waals surface area contributed by atoms with Gasteiger partial charge in [0.05, 0.1) is 0 Å². The fraction of sp³-hybridized carbons (Fsp3) is 0.571. The number of fused-ring (bicyclic) bond motifs is 1. The maximum atomic E-state index is 14.0. The van der Waals surface area contributed by atoms with Crippen molar-refractivity contribution in [1.82, 2.24) is 0 Å². The Hall–Kier alpha value is -1.29.